The molecule has 15 heavy (non-hydrogen) atoms. The predicted molar refractivity (Wildman–Crippen MR) is 58.9 cm³/mol. The van der Waals surface area contributed by atoms with Crippen LogP contribution >= 0.6 is 0 Å². The second kappa shape index (κ2) is 6.11. The van der Waals surface area contributed by atoms with E-state index in [9.17, 15) is 4.79 Å². The standard InChI is InChI=1S/C12H22O3/c1-2-7-12(8-4-3-5-9-12)15-10-6-11(13)14/h2-10H2,1H3,(H,13,14). The number of carboxylic acids is 1. The van der Waals surface area contributed by atoms with E-state index in [4.69, 9.17) is 9.84 Å². The molecule has 0 bridgehead atoms. The number of rotatable bonds is 6. The average Bonchev–Trinajstić information content (AvgIpc) is 2.19. The average molecular weight is 214 g/mol. The van der Waals surface area contributed by atoms with Gasteiger partial charge in [-0.3, -0.25) is 4.79 Å². The molecule has 0 amide bonds. The third kappa shape index (κ3) is 4.20. The van der Waals surface area contributed by atoms with Gasteiger partial charge in [-0.15, -0.1) is 0 Å². The van der Waals surface area contributed by atoms with Crippen LogP contribution in [0.5, 0.6) is 0 Å². The lowest BCUT2D eigenvalue weighted by Crippen LogP contribution is -2.35. The van der Waals surface area contributed by atoms with Crippen molar-refractivity contribution in [1.82, 2.24) is 0 Å². The Labute approximate surface area is 91.8 Å². The van der Waals surface area contributed by atoms with Crippen LogP contribution in [0.2, 0.25) is 0 Å². The normalized spacial score (nSPS) is 20.1. The largest absolute Gasteiger partial charge is 0.481 e. The Bertz CT molecular complexity index is 190. The maximum absolute atomic E-state index is 10.4. The maximum Gasteiger partial charge on any atom is 0.305 e. The van der Waals surface area contributed by atoms with Crippen LogP contribution in [0.15, 0.2) is 0 Å². The van der Waals surface area contributed by atoms with E-state index in [-0.39, 0.29) is 12.0 Å². The van der Waals surface area contributed by atoms with Crippen LogP contribution < -0.4 is 0 Å². The molecule has 3 nitrogen and oxygen atoms in total. The predicted octanol–water partition coefficient (Wildman–Crippen LogP) is 2.98. The number of hydrogen-bond acceptors (Lipinski definition) is 2. The Morgan fingerprint density at radius 1 is 1.33 bits per heavy atom. The highest BCUT2D eigenvalue weighted by Crippen LogP contribution is 2.35. The van der Waals surface area contributed by atoms with Gasteiger partial charge in [0, 0.05) is 0 Å². The molecule has 1 fully saturated rings. The van der Waals surface area contributed by atoms with Crippen LogP contribution in [0.3, 0.4) is 0 Å². The molecule has 0 heterocycles. The Hall–Kier alpha value is -0.570. The SMILES string of the molecule is CCCC1(OCCC(=O)O)CCCCC1. The van der Waals surface area contributed by atoms with Gasteiger partial charge in [-0.1, -0.05) is 32.6 Å². The highest BCUT2D eigenvalue weighted by molar-refractivity contribution is 5.66. The van der Waals surface area contributed by atoms with Gasteiger partial charge < -0.3 is 9.84 Å². The zero-order valence-corrected chi connectivity index (χ0v) is 9.63. The Morgan fingerprint density at radius 2 is 2.00 bits per heavy atom. The molecule has 0 aromatic rings. The minimum atomic E-state index is -0.766. The van der Waals surface area contributed by atoms with Crippen molar-refractivity contribution in [3.63, 3.8) is 0 Å². The van der Waals surface area contributed by atoms with Gasteiger partial charge in [-0.25, -0.2) is 0 Å². The fourth-order valence-corrected chi connectivity index (χ4v) is 2.47. The molecular weight excluding hydrogens is 192 g/mol. The van der Waals surface area contributed by atoms with Crippen LogP contribution in [-0.4, -0.2) is 23.3 Å². The van der Waals surface area contributed by atoms with Crippen molar-refractivity contribution >= 4 is 5.97 Å². The molecule has 1 N–H and O–H groups in total. The molecule has 0 aromatic heterocycles. The van der Waals surface area contributed by atoms with Crippen molar-refractivity contribution in [3.05, 3.63) is 0 Å². The van der Waals surface area contributed by atoms with Crippen molar-refractivity contribution in [2.75, 3.05) is 6.61 Å². The first-order chi connectivity index (χ1) is 7.18. The molecule has 1 saturated carbocycles. The number of aliphatic carboxylic acids is 1. The molecule has 0 saturated heterocycles. The summed E-state index contributed by atoms with van der Waals surface area (Å²) in [5, 5.41) is 8.58. The van der Waals surface area contributed by atoms with Gasteiger partial charge in [0.2, 0.25) is 0 Å². The summed E-state index contributed by atoms with van der Waals surface area (Å²) >= 11 is 0. The third-order valence-electron chi connectivity index (χ3n) is 3.19. The van der Waals surface area contributed by atoms with Gasteiger partial charge in [0.05, 0.1) is 18.6 Å². The Morgan fingerprint density at radius 3 is 2.53 bits per heavy atom. The maximum atomic E-state index is 10.4. The first-order valence-electron chi connectivity index (χ1n) is 6.04. The van der Waals surface area contributed by atoms with Crippen LogP contribution in [0.4, 0.5) is 0 Å². The monoisotopic (exact) mass is 214 g/mol. The summed E-state index contributed by atoms with van der Waals surface area (Å²) in [4.78, 5) is 10.4. The van der Waals surface area contributed by atoms with Crippen LogP contribution in [0.1, 0.15) is 58.3 Å². The van der Waals surface area contributed by atoms with E-state index in [2.05, 4.69) is 6.92 Å². The van der Waals surface area contributed by atoms with Gasteiger partial charge in [-0.05, 0) is 19.3 Å². The van der Waals surface area contributed by atoms with Gasteiger partial charge in [0.25, 0.3) is 0 Å². The lowest BCUT2D eigenvalue weighted by Gasteiger charge is -2.37. The van der Waals surface area contributed by atoms with Crippen molar-refractivity contribution in [1.29, 1.82) is 0 Å². The highest BCUT2D eigenvalue weighted by atomic mass is 16.5. The summed E-state index contributed by atoms with van der Waals surface area (Å²) in [6, 6.07) is 0. The summed E-state index contributed by atoms with van der Waals surface area (Å²) < 4.78 is 5.84. The molecular formula is C12H22O3. The second-order valence-electron chi connectivity index (χ2n) is 4.49. The first-order valence-corrected chi connectivity index (χ1v) is 6.04. The van der Waals surface area contributed by atoms with Crippen LogP contribution in [-0.2, 0) is 9.53 Å². The minimum absolute atomic E-state index is 0.00243. The molecule has 88 valence electrons. The fourth-order valence-electron chi connectivity index (χ4n) is 2.47. The Balaban J connectivity index is 2.37. The molecule has 1 aliphatic rings. The zero-order chi connectivity index (χ0) is 11.1. The summed E-state index contributed by atoms with van der Waals surface area (Å²) in [7, 11) is 0. The van der Waals surface area contributed by atoms with Gasteiger partial charge in [-0.2, -0.15) is 0 Å². The van der Waals surface area contributed by atoms with E-state index in [0.717, 1.165) is 25.7 Å². The molecule has 0 radical (unpaired) electrons. The number of ether oxygens (including phenoxy) is 1. The molecule has 1 aliphatic carbocycles. The molecule has 3 heteroatoms. The summed E-state index contributed by atoms with van der Waals surface area (Å²) in [5.41, 5.74) is 0.00243. The highest BCUT2D eigenvalue weighted by Gasteiger charge is 2.31. The lowest BCUT2D eigenvalue weighted by molar-refractivity contribution is -0.141. The van der Waals surface area contributed by atoms with Crippen molar-refractivity contribution in [2.24, 2.45) is 0 Å². The van der Waals surface area contributed by atoms with E-state index in [1.54, 1.807) is 0 Å². The lowest BCUT2D eigenvalue weighted by atomic mass is 9.81. The number of carboxylic acid groups (broad SMARTS) is 1. The smallest absolute Gasteiger partial charge is 0.305 e. The van der Waals surface area contributed by atoms with Gasteiger partial charge in [0.1, 0.15) is 0 Å². The molecule has 0 atom stereocenters. The fraction of sp³-hybridized carbons (Fsp3) is 0.917. The van der Waals surface area contributed by atoms with E-state index < -0.39 is 5.97 Å². The van der Waals surface area contributed by atoms with Crippen molar-refractivity contribution in [3.8, 4) is 0 Å². The van der Waals surface area contributed by atoms with E-state index in [1.165, 1.54) is 19.3 Å². The van der Waals surface area contributed by atoms with Crippen molar-refractivity contribution < 1.29 is 14.6 Å². The summed E-state index contributed by atoms with van der Waals surface area (Å²) in [6.45, 7) is 2.53. The molecule has 0 aromatic carbocycles. The third-order valence-corrected chi connectivity index (χ3v) is 3.19. The molecule has 0 aliphatic heterocycles. The molecule has 1 rings (SSSR count). The number of hydrogen-bond donors (Lipinski definition) is 1. The van der Waals surface area contributed by atoms with E-state index in [1.807, 2.05) is 0 Å². The zero-order valence-electron chi connectivity index (χ0n) is 9.63. The molecule has 0 spiro atoms. The van der Waals surface area contributed by atoms with Gasteiger partial charge in [0.15, 0.2) is 0 Å². The summed E-state index contributed by atoms with van der Waals surface area (Å²) in [6.07, 6.45) is 8.31. The van der Waals surface area contributed by atoms with Crippen LogP contribution in [0.25, 0.3) is 0 Å². The van der Waals surface area contributed by atoms with E-state index in [0.29, 0.717) is 6.61 Å². The van der Waals surface area contributed by atoms with E-state index >= 15 is 0 Å². The second-order valence-corrected chi connectivity index (χ2v) is 4.49. The Kier molecular flexibility index (Phi) is 5.09. The van der Waals surface area contributed by atoms with Gasteiger partial charge >= 0.3 is 5.97 Å². The molecule has 0 unspecified atom stereocenters. The van der Waals surface area contributed by atoms with Crippen LogP contribution in [0, 0.1) is 0 Å². The topological polar surface area (TPSA) is 46.5 Å². The summed E-state index contributed by atoms with van der Waals surface area (Å²) in [5.74, 6) is -0.766. The number of carbonyl (C=O) groups is 1. The minimum Gasteiger partial charge on any atom is -0.481 e. The quantitative estimate of drug-likeness (QED) is 0.739. The first kappa shape index (κ1) is 12.5. The van der Waals surface area contributed by atoms with Crippen molar-refractivity contribution in [2.45, 2.75) is 63.9 Å².